The van der Waals surface area contributed by atoms with Gasteiger partial charge in [0, 0.05) is 43.3 Å². The molecule has 0 spiro atoms. The minimum absolute atomic E-state index is 0.0861. The first-order valence-electron chi connectivity index (χ1n) is 16.9. The van der Waals surface area contributed by atoms with E-state index in [4.69, 9.17) is 32.7 Å². The molecule has 3 amide bonds. The average Bonchev–Trinajstić information content (AvgIpc) is 3.40. The summed E-state index contributed by atoms with van der Waals surface area (Å²) < 4.78 is 27.8. The number of fused-ring (bicyclic) bond motifs is 1. The molecular formula is C36H45Cl2N4O10P. The largest absolute Gasteiger partial charge is 0.524 e. The van der Waals surface area contributed by atoms with E-state index in [0.29, 0.717) is 17.5 Å². The van der Waals surface area contributed by atoms with E-state index in [1.54, 1.807) is 19.9 Å². The lowest BCUT2D eigenvalue weighted by Crippen LogP contribution is -2.56. The molecule has 14 nitrogen and oxygen atoms in total. The van der Waals surface area contributed by atoms with Gasteiger partial charge in [-0.2, -0.15) is 0 Å². The topological polar surface area (TPSA) is 197 Å². The Kier molecular flexibility index (Phi) is 13.8. The van der Waals surface area contributed by atoms with Gasteiger partial charge in [-0.05, 0) is 56.5 Å². The van der Waals surface area contributed by atoms with Crippen LogP contribution in [0.15, 0.2) is 54.1 Å². The Morgan fingerprint density at radius 1 is 1.00 bits per heavy atom. The molecule has 0 bridgehead atoms. The molecule has 3 aromatic rings. The summed E-state index contributed by atoms with van der Waals surface area (Å²) in [6.45, 7) is 8.70. The van der Waals surface area contributed by atoms with Crippen LogP contribution in [0.4, 0.5) is 0 Å². The van der Waals surface area contributed by atoms with Crippen LogP contribution in [0.2, 0.25) is 10.2 Å². The smallest absolute Gasteiger partial charge is 0.460 e. The zero-order valence-corrected chi connectivity index (χ0v) is 32.8. The summed E-state index contributed by atoms with van der Waals surface area (Å²) in [4.78, 5) is 78.7. The fraction of sp³-hybridized carbons (Fsp3) is 0.444. The fourth-order valence-electron chi connectivity index (χ4n) is 6.29. The van der Waals surface area contributed by atoms with E-state index in [-0.39, 0.29) is 39.7 Å². The Hall–Kier alpha value is -3.91. The summed E-state index contributed by atoms with van der Waals surface area (Å²) in [6, 6.07) is 7.45. The van der Waals surface area contributed by atoms with Crippen LogP contribution < -0.4 is 15.2 Å². The second-order valence-electron chi connectivity index (χ2n) is 13.4. The minimum atomic E-state index is -4.99. The molecule has 1 aromatic heterocycles. The number of likely N-dealkylation sites (N-methyl/N-ethyl adjacent to an activating group) is 1. The molecule has 1 unspecified atom stereocenters. The molecule has 7 atom stereocenters. The lowest BCUT2D eigenvalue weighted by Gasteiger charge is -2.33. The molecule has 53 heavy (non-hydrogen) atoms. The molecule has 2 aromatic carbocycles. The van der Waals surface area contributed by atoms with E-state index in [1.807, 2.05) is 38.1 Å². The van der Waals surface area contributed by atoms with Gasteiger partial charge in [0.25, 0.3) is 0 Å². The molecule has 2 heterocycles. The number of carbonyl (C=O) groups is 4. The highest BCUT2D eigenvalue weighted by Gasteiger charge is 2.39. The van der Waals surface area contributed by atoms with Crippen LogP contribution in [0.5, 0.6) is 5.75 Å². The van der Waals surface area contributed by atoms with Crippen molar-refractivity contribution >= 4 is 65.6 Å². The van der Waals surface area contributed by atoms with E-state index >= 15 is 0 Å². The number of phosphoric acid groups is 1. The van der Waals surface area contributed by atoms with Crippen molar-refractivity contribution in [2.75, 3.05) is 14.2 Å². The van der Waals surface area contributed by atoms with Crippen LogP contribution in [-0.4, -0.2) is 81.8 Å². The van der Waals surface area contributed by atoms with Crippen LogP contribution in [0, 0.1) is 11.8 Å². The number of aromatic amines is 1. The number of para-hydroxylation sites is 1. The van der Waals surface area contributed by atoms with Crippen LogP contribution in [0.1, 0.15) is 58.2 Å². The number of benzene rings is 2. The monoisotopic (exact) mass is 794 g/mol. The van der Waals surface area contributed by atoms with Gasteiger partial charge in [-0.15, -0.1) is 0 Å². The van der Waals surface area contributed by atoms with Gasteiger partial charge < -0.3 is 34.5 Å². The summed E-state index contributed by atoms with van der Waals surface area (Å²) in [5, 5.41) is 6.36. The highest BCUT2D eigenvalue weighted by molar-refractivity contribution is 7.46. The maximum atomic E-state index is 14.6. The highest BCUT2D eigenvalue weighted by atomic mass is 35.5. The van der Waals surface area contributed by atoms with Gasteiger partial charge in [-0.25, -0.2) is 9.36 Å². The molecule has 17 heteroatoms. The third kappa shape index (κ3) is 10.4. The number of rotatable bonds is 6. The first-order valence-corrected chi connectivity index (χ1v) is 19.2. The zero-order valence-electron chi connectivity index (χ0n) is 30.4. The third-order valence-electron chi connectivity index (χ3n) is 9.29. The molecule has 0 saturated carbocycles. The number of allylic oxidation sites excluding steroid dienone is 1. The van der Waals surface area contributed by atoms with Crippen molar-refractivity contribution in [1.82, 2.24) is 20.5 Å². The second kappa shape index (κ2) is 17.5. The van der Waals surface area contributed by atoms with Gasteiger partial charge in [-0.1, -0.05) is 73.0 Å². The number of hydrogen-bond acceptors (Lipinski definition) is 8. The molecular weight excluding hydrogens is 750 g/mol. The van der Waals surface area contributed by atoms with Gasteiger partial charge in [0.2, 0.25) is 17.7 Å². The molecule has 0 saturated heterocycles. The van der Waals surface area contributed by atoms with Crippen molar-refractivity contribution in [2.45, 2.75) is 77.8 Å². The normalized spacial score (nSPS) is 25.9. The van der Waals surface area contributed by atoms with E-state index in [9.17, 15) is 33.5 Å². The highest BCUT2D eigenvalue weighted by Crippen LogP contribution is 2.42. The standard InChI is InChI=1S/C36H45Cl2N4O10P/c1-18-14-19(2)22(5)51-36(46)31(50-7)30(23-12-13-29(26(37)16-23)52-53(47,48)49)41-34(44)28(17-25-24-10-8-9-11-27(24)40-32(25)38)42(6)35(45)21(4)39-33(43)20(3)15-18/h8-14,16,19-22,28,30-31,40H,15,17H2,1-7H3,(H,39,43)(H,41,44)(H2,47,48,49)/t19-,20-,21-,22+,28+,30?,31-/m0/s1. The molecule has 5 N–H and O–H groups in total. The van der Waals surface area contributed by atoms with Crippen molar-refractivity contribution in [3.8, 4) is 5.75 Å². The molecule has 288 valence electrons. The average molecular weight is 796 g/mol. The van der Waals surface area contributed by atoms with Gasteiger partial charge in [0.15, 0.2) is 6.10 Å². The zero-order chi connectivity index (χ0) is 39.4. The quantitative estimate of drug-likeness (QED) is 0.125. The number of hydrogen-bond donors (Lipinski definition) is 5. The number of halogens is 2. The number of nitrogens with zero attached hydrogens (tertiary/aromatic N) is 1. The van der Waals surface area contributed by atoms with Gasteiger partial charge in [0.1, 0.15) is 29.1 Å². The van der Waals surface area contributed by atoms with Crippen LogP contribution in [0.3, 0.4) is 0 Å². The Morgan fingerprint density at radius 3 is 2.32 bits per heavy atom. The number of aromatic nitrogens is 1. The first kappa shape index (κ1) is 41.8. The SMILES string of the molecule is CO[C@@H]1C(=O)O[C@H](C)[C@@H](C)C=C(C)C[C@H](C)C(=O)N[C@@H](C)C(=O)N(C)[C@H](Cc2c(Cl)[nH]c3ccccc23)C(=O)NC1c1ccc(OP(=O)(O)O)c(Cl)c1. The number of amides is 3. The summed E-state index contributed by atoms with van der Waals surface area (Å²) in [6.07, 6.45) is 0.0466. The maximum Gasteiger partial charge on any atom is 0.524 e. The van der Waals surface area contributed by atoms with Crippen molar-refractivity contribution in [1.29, 1.82) is 0 Å². The Morgan fingerprint density at radius 2 is 1.68 bits per heavy atom. The summed E-state index contributed by atoms with van der Waals surface area (Å²) in [5.74, 6) is -3.63. The number of H-pyrrole nitrogens is 1. The number of ether oxygens (including phenoxy) is 2. The van der Waals surface area contributed by atoms with E-state index in [2.05, 4.69) is 20.1 Å². The second-order valence-corrected chi connectivity index (χ2v) is 15.3. The van der Waals surface area contributed by atoms with E-state index in [1.165, 1.54) is 44.2 Å². The van der Waals surface area contributed by atoms with Crippen LogP contribution in [0.25, 0.3) is 10.9 Å². The summed E-state index contributed by atoms with van der Waals surface area (Å²) >= 11 is 13.0. The number of esters is 1. The van der Waals surface area contributed by atoms with Crippen molar-refractivity contribution in [2.24, 2.45) is 11.8 Å². The lowest BCUT2D eigenvalue weighted by molar-refractivity contribution is -0.164. The maximum absolute atomic E-state index is 14.6. The fourth-order valence-corrected chi connectivity index (χ4v) is 7.27. The first-order chi connectivity index (χ1) is 24.8. The lowest BCUT2D eigenvalue weighted by atomic mass is 9.95. The number of cyclic esters (lactones) is 1. The van der Waals surface area contributed by atoms with E-state index < -0.39 is 61.9 Å². The molecule has 1 aliphatic heterocycles. The number of carbonyl (C=O) groups excluding carboxylic acids is 4. The Labute approximate surface area is 317 Å². The third-order valence-corrected chi connectivity index (χ3v) is 10.3. The van der Waals surface area contributed by atoms with Crippen molar-refractivity contribution in [3.05, 3.63) is 75.4 Å². The molecule has 0 aliphatic carbocycles. The van der Waals surface area contributed by atoms with Crippen LogP contribution in [-0.2, 0) is 39.6 Å². The van der Waals surface area contributed by atoms with E-state index in [0.717, 1.165) is 11.0 Å². The van der Waals surface area contributed by atoms with Crippen LogP contribution >= 0.6 is 31.0 Å². The van der Waals surface area contributed by atoms with Crippen molar-refractivity contribution in [3.63, 3.8) is 0 Å². The van der Waals surface area contributed by atoms with Gasteiger partial charge >= 0.3 is 13.8 Å². The molecule has 0 radical (unpaired) electrons. The summed E-state index contributed by atoms with van der Waals surface area (Å²) in [7, 11) is -2.30. The molecule has 1 aliphatic rings. The van der Waals surface area contributed by atoms with Gasteiger partial charge in [0.05, 0.1) is 11.1 Å². The molecule has 0 fully saturated rings. The summed E-state index contributed by atoms with van der Waals surface area (Å²) in [5.41, 5.74) is 2.30. The van der Waals surface area contributed by atoms with Crippen molar-refractivity contribution < 1.29 is 47.5 Å². The van der Waals surface area contributed by atoms with Gasteiger partial charge in [-0.3, -0.25) is 24.2 Å². The molecule has 4 rings (SSSR count). The Balaban J connectivity index is 1.86. The number of methoxy groups -OCH3 is 1. The number of phosphoric ester groups is 1. The predicted octanol–water partition coefficient (Wildman–Crippen LogP) is 5.25. The number of nitrogens with one attached hydrogen (secondary N) is 3. The Bertz CT molecular complexity index is 1930. The predicted molar refractivity (Wildman–Crippen MR) is 199 cm³/mol. The minimum Gasteiger partial charge on any atom is -0.460 e.